The van der Waals surface area contributed by atoms with Crippen LogP contribution in [0.15, 0.2) is 29.6 Å². The Morgan fingerprint density at radius 1 is 1.40 bits per heavy atom. The number of nitrogens with one attached hydrogen (secondary N) is 1. The van der Waals surface area contributed by atoms with Crippen molar-refractivity contribution in [2.75, 3.05) is 5.32 Å². The third kappa shape index (κ3) is 4.03. The van der Waals surface area contributed by atoms with Crippen molar-refractivity contribution in [2.45, 2.75) is 26.3 Å². The lowest BCUT2D eigenvalue weighted by atomic mass is 10.1. The van der Waals surface area contributed by atoms with Gasteiger partial charge in [0.25, 0.3) is 5.91 Å². The summed E-state index contributed by atoms with van der Waals surface area (Å²) >= 11 is 1.41. The van der Waals surface area contributed by atoms with Gasteiger partial charge in [-0.3, -0.25) is 4.79 Å². The Bertz CT molecular complexity index is 571. The summed E-state index contributed by atoms with van der Waals surface area (Å²) in [5, 5.41) is 5.42. The Hall–Kier alpha value is -1.43. The van der Waals surface area contributed by atoms with Crippen LogP contribution < -0.4 is 11.1 Å². The second-order valence-corrected chi connectivity index (χ2v) is 5.13. The molecule has 1 aromatic carbocycles. The summed E-state index contributed by atoms with van der Waals surface area (Å²) in [7, 11) is 0. The topological polar surface area (TPSA) is 68.0 Å². The van der Waals surface area contributed by atoms with E-state index in [0.29, 0.717) is 12.2 Å². The molecule has 0 radical (unpaired) electrons. The molecule has 3 N–H and O–H groups in total. The van der Waals surface area contributed by atoms with Crippen molar-refractivity contribution in [1.29, 1.82) is 0 Å². The third-order valence-corrected chi connectivity index (χ3v) is 3.62. The molecule has 20 heavy (non-hydrogen) atoms. The van der Waals surface area contributed by atoms with Crippen LogP contribution in [0.3, 0.4) is 0 Å². The summed E-state index contributed by atoms with van der Waals surface area (Å²) < 4.78 is 0. The number of hydrogen-bond acceptors (Lipinski definition) is 4. The lowest BCUT2D eigenvalue weighted by molar-refractivity contribution is 0.102. The summed E-state index contributed by atoms with van der Waals surface area (Å²) in [5.74, 6) is -0.181. The van der Waals surface area contributed by atoms with E-state index in [1.807, 2.05) is 24.3 Å². The molecule has 0 aliphatic rings. The van der Waals surface area contributed by atoms with Crippen LogP contribution >= 0.6 is 23.7 Å². The first-order chi connectivity index (χ1) is 9.24. The molecule has 0 atom stereocenters. The number of aromatic nitrogens is 1. The molecular formula is C14H18ClN3OS. The van der Waals surface area contributed by atoms with Gasteiger partial charge in [-0.05, 0) is 18.1 Å². The molecule has 4 nitrogen and oxygen atoms in total. The van der Waals surface area contributed by atoms with Gasteiger partial charge in [0.2, 0.25) is 0 Å². The average molecular weight is 312 g/mol. The second kappa shape index (κ2) is 7.99. The van der Waals surface area contributed by atoms with Crippen LogP contribution in [0.4, 0.5) is 5.69 Å². The highest BCUT2D eigenvalue weighted by molar-refractivity contribution is 7.09. The summed E-state index contributed by atoms with van der Waals surface area (Å²) in [5.41, 5.74) is 7.93. The molecular weight excluding hydrogens is 294 g/mol. The van der Waals surface area contributed by atoms with Gasteiger partial charge in [0, 0.05) is 17.6 Å². The van der Waals surface area contributed by atoms with E-state index in [2.05, 4.69) is 17.2 Å². The smallest absolute Gasteiger partial charge is 0.275 e. The molecule has 0 aliphatic carbocycles. The van der Waals surface area contributed by atoms with Gasteiger partial charge in [0.05, 0.1) is 0 Å². The fourth-order valence-electron chi connectivity index (χ4n) is 1.82. The number of rotatable bonds is 5. The van der Waals surface area contributed by atoms with Crippen molar-refractivity contribution in [1.82, 2.24) is 4.98 Å². The molecule has 1 amide bonds. The maximum Gasteiger partial charge on any atom is 0.275 e. The highest BCUT2D eigenvalue weighted by Crippen LogP contribution is 2.18. The van der Waals surface area contributed by atoms with Gasteiger partial charge < -0.3 is 11.1 Å². The molecule has 0 aliphatic heterocycles. The van der Waals surface area contributed by atoms with Crippen LogP contribution in [0.2, 0.25) is 0 Å². The number of hydrogen-bond donors (Lipinski definition) is 2. The standard InChI is InChI=1S/C14H17N3OS.ClH/c1-2-5-10-6-3-4-7-11(10)17-14(18)12-9-19-13(8-15)16-12;/h3-4,6-7,9H,2,5,8,15H2,1H3,(H,17,18);1H. The SMILES string of the molecule is CCCc1ccccc1NC(=O)c1csc(CN)n1.Cl. The van der Waals surface area contributed by atoms with Crippen molar-refractivity contribution in [2.24, 2.45) is 5.73 Å². The number of thiazole rings is 1. The monoisotopic (exact) mass is 311 g/mol. The normalized spacial score (nSPS) is 9.90. The molecule has 0 bridgehead atoms. The van der Waals surface area contributed by atoms with E-state index in [1.54, 1.807) is 5.38 Å². The van der Waals surface area contributed by atoms with Crippen molar-refractivity contribution in [3.05, 3.63) is 45.9 Å². The molecule has 0 saturated heterocycles. The lowest BCUT2D eigenvalue weighted by Gasteiger charge is -2.09. The van der Waals surface area contributed by atoms with Crippen molar-refractivity contribution in [3.8, 4) is 0 Å². The van der Waals surface area contributed by atoms with Crippen LogP contribution in [0, 0.1) is 0 Å². The Morgan fingerprint density at radius 3 is 2.80 bits per heavy atom. The van der Waals surface area contributed by atoms with E-state index >= 15 is 0 Å². The Balaban J connectivity index is 0.00000200. The Kier molecular flexibility index (Phi) is 6.64. The number of amides is 1. The number of halogens is 1. The first kappa shape index (κ1) is 16.6. The number of para-hydroxylation sites is 1. The summed E-state index contributed by atoms with van der Waals surface area (Å²) in [6, 6.07) is 7.85. The minimum absolute atomic E-state index is 0. The largest absolute Gasteiger partial charge is 0.325 e. The molecule has 0 unspecified atom stereocenters. The number of anilines is 1. The van der Waals surface area contributed by atoms with E-state index in [-0.39, 0.29) is 18.3 Å². The Labute approximate surface area is 128 Å². The molecule has 1 heterocycles. The van der Waals surface area contributed by atoms with Gasteiger partial charge in [-0.15, -0.1) is 23.7 Å². The Morgan fingerprint density at radius 2 is 2.15 bits per heavy atom. The minimum Gasteiger partial charge on any atom is -0.325 e. The molecule has 0 fully saturated rings. The van der Waals surface area contributed by atoms with E-state index in [1.165, 1.54) is 11.3 Å². The summed E-state index contributed by atoms with van der Waals surface area (Å²) in [6.07, 6.45) is 1.99. The van der Waals surface area contributed by atoms with Crippen LogP contribution in [-0.4, -0.2) is 10.9 Å². The first-order valence-corrected chi connectivity index (χ1v) is 7.16. The number of aryl methyl sites for hydroxylation is 1. The van der Waals surface area contributed by atoms with Gasteiger partial charge in [0.15, 0.2) is 0 Å². The van der Waals surface area contributed by atoms with Gasteiger partial charge in [-0.1, -0.05) is 31.5 Å². The predicted molar refractivity (Wildman–Crippen MR) is 85.6 cm³/mol. The van der Waals surface area contributed by atoms with Crippen LogP contribution in [0.25, 0.3) is 0 Å². The van der Waals surface area contributed by atoms with Gasteiger partial charge in [0.1, 0.15) is 10.7 Å². The highest BCUT2D eigenvalue weighted by Gasteiger charge is 2.11. The molecule has 6 heteroatoms. The predicted octanol–water partition coefficient (Wildman–Crippen LogP) is 3.23. The summed E-state index contributed by atoms with van der Waals surface area (Å²) in [4.78, 5) is 16.3. The van der Waals surface area contributed by atoms with Gasteiger partial charge in [-0.25, -0.2) is 4.98 Å². The molecule has 1 aromatic heterocycles. The van der Waals surface area contributed by atoms with Crippen LogP contribution in [-0.2, 0) is 13.0 Å². The van der Waals surface area contributed by atoms with Crippen LogP contribution in [0.5, 0.6) is 0 Å². The first-order valence-electron chi connectivity index (χ1n) is 6.28. The van der Waals surface area contributed by atoms with E-state index in [0.717, 1.165) is 29.1 Å². The number of nitrogens with zero attached hydrogens (tertiary/aromatic N) is 1. The zero-order chi connectivity index (χ0) is 13.7. The second-order valence-electron chi connectivity index (χ2n) is 4.19. The molecule has 0 spiro atoms. The zero-order valence-electron chi connectivity index (χ0n) is 11.3. The average Bonchev–Trinajstić information content (AvgIpc) is 2.90. The molecule has 108 valence electrons. The van der Waals surface area contributed by atoms with Crippen molar-refractivity contribution >= 4 is 35.3 Å². The van der Waals surface area contributed by atoms with Crippen molar-refractivity contribution in [3.63, 3.8) is 0 Å². The highest BCUT2D eigenvalue weighted by atomic mass is 35.5. The maximum absolute atomic E-state index is 12.1. The van der Waals surface area contributed by atoms with E-state index in [9.17, 15) is 4.79 Å². The maximum atomic E-state index is 12.1. The molecule has 0 saturated carbocycles. The summed E-state index contributed by atoms with van der Waals surface area (Å²) in [6.45, 7) is 2.48. The van der Waals surface area contributed by atoms with E-state index < -0.39 is 0 Å². The minimum atomic E-state index is -0.181. The number of carbonyl (C=O) groups is 1. The fraction of sp³-hybridized carbons (Fsp3) is 0.286. The third-order valence-electron chi connectivity index (χ3n) is 2.74. The lowest BCUT2D eigenvalue weighted by Crippen LogP contribution is -2.14. The fourth-order valence-corrected chi connectivity index (χ4v) is 2.48. The van der Waals surface area contributed by atoms with Crippen LogP contribution in [0.1, 0.15) is 34.4 Å². The number of nitrogens with two attached hydrogens (primary N) is 1. The van der Waals surface area contributed by atoms with E-state index in [4.69, 9.17) is 5.73 Å². The molecule has 2 aromatic rings. The molecule has 2 rings (SSSR count). The number of carbonyl (C=O) groups excluding carboxylic acids is 1. The van der Waals surface area contributed by atoms with Gasteiger partial charge in [-0.2, -0.15) is 0 Å². The quantitative estimate of drug-likeness (QED) is 0.890. The van der Waals surface area contributed by atoms with Gasteiger partial charge >= 0.3 is 0 Å². The zero-order valence-corrected chi connectivity index (χ0v) is 12.9. The van der Waals surface area contributed by atoms with Crippen molar-refractivity contribution < 1.29 is 4.79 Å². The number of benzene rings is 1.